The Morgan fingerprint density at radius 1 is 1.43 bits per heavy atom. The van der Waals surface area contributed by atoms with Crippen molar-refractivity contribution in [1.29, 1.82) is 0 Å². The summed E-state index contributed by atoms with van der Waals surface area (Å²) in [5.74, 6) is -1.43. The Hall–Kier alpha value is -1.99. The Morgan fingerprint density at radius 2 is 2.17 bits per heavy atom. The number of piperidine rings is 1. The van der Waals surface area contributed by atoms with Crippen molar-refractivity contribution < 1.29 is 23.8 Å². The SMILES string of the molecule is COCC(=O)N[C@@H]1CN(C(=O)c2ccccc2F)CC[C@@H]1CO. The number of ether oxygens (including phenoxy) is 1. The van der Waals surface area contributed by atoms with Crippen LogP contribution in [0.1, 0.15) is 16.8 Å². The van der Waals surface area contributed by atoms with Gasteiger partial charge >= 0.3 is 0 Å². The van der Waals surface area contributed by atoms with Crippen LogP contribution in [0.2, 0.25) is 0 Å². The highest BCUT2D eigenvalue weighted by Crippen LogP contribution is 2.20. The van der Waals surface area contributed by atoms with Crippen LogP contribution in [0.5, 0.6) is 0 Å². The molecule has 1 saturated heterocycles. The fraction of sp³-hybridized carbons (Fsp3) is 0.500. The summed E-state index contributed by atoms with van der Waals surface area (Å²) in [6.45, 7) is 0.471. The quantitative estimate of drug-likeness (QED) is 0.822. The summed E-state index contributed by atoms with van der Waals surface area (Å²) < 4.78 is 18.5. The van der Waals surface area contributed by atoms with Crippen LogP contribution in [0.3, 0.4) is 0 Å². The molecule has 2 rings (SSSR count). The smallest absolute Gasteiger partial charge is 0.256 e. The monoisotopic (exact) mass is 324 g/mol. The lowest BCUT2D eigenvalue weighted by Crippen LogP contribution is -2.55. The molecule has 0 saturated carbocycles. The van der Waals surface area contributed by atoms with Crippen LogP contribution in [0.4, 0.5) is 4.39 Å². The minimum absolute atomic E-state index is 0.0110. The number of carbonyl (C=O) groups is 2. The first-order chi connectivity index (χ1) is 11.1. The van der Waals surface area contributed by atoms with Crippen LogP contribution in [0, 0.1) is 11.7 Å². The molecule has 126 valence electrons. The molecule has 1 aromatic rings. The second-order valence-corrected chi connectivity index (χ2v) is 5.57. The number of amides is 2. The van der Waals surface area contributed by atoms with Crippen LogP contribution in [0.15, 0.2) is 24.3 Å². The minimum Gasteiger partial charge on any atom is -0.396 e. The molecule has 0 aliphatic carbocycles. The summed E-state index contributed by atoms with van der Waals surface area (Å²) in [5.41, 5.74) is 0.0110. The lowest BCUT2D eigenvalue weighted by atomic mass is 9.91. The number of nitrogens with zero attached hydrogens (tertiary/aromatic N) is 1. The summed E-state index contributed by atoms with van der Waals surface area (Å²) in [6.07, 6.45) is 0.536. The topological polar surface area (TPSA) is 78.9 Å². The fourth-order valence-corrected chi connectivity index (χ4v) is 2.75. The Labute approximate surface area is 134 Å². The van der Waals surface area contributed by atoms with Crippen LogP contribution in [0.25, 0.3) is 0 Å². The van der Waals surface area contributed by atoms with Gasteiger partial charge in [0, 0.05) is 32.7 Å². The molecule has 1 aliphatic rings. The van der Waals surface area contributed by atoms with Crippen LogP contribution >= 0.6 is 0 Å². The first-order valence-corrected chi connectivity index (χ1v) is 7.49. The number of rotatable bonds is 5. The largest absolute Gasteiger partial charge is 0.396 e. The average molecular weight is 324 g/mol. The van der Waals surface area contributed by atoms with E-state index in [0.29, 0.717) is 13.0 Å². The summed E-state index contributed by atoms with van der Waals surface area (Å²) >= 11 is 0. The highest BCUT2D eigenvalue weighted by Gasteiger charge is 2.33. The van der Waals surface area contributed by atoms with Gasteiger partial charge in [0.25, 0.3) is 5.91 Å². The predicted molar refractivity (Wildman–Crippen MR) is 81.3 cm³/mol. The number of aliphatic hydroxyl groups excluding tert-OH is 1. The van der Waals surface area contributed by atoms with Gasteiger partial charge in [-0.25, -0.2) is 4.39 Å². The maximum atomic E-state index is 13.8. The Kier molecular flexibility index (Phi) is 6.06. The molecule has 6 nitrogen and oxygen atoms in total. The average Bonchev–Trinajstić information content (AvgIpc) is 2.55. The molecule has 0 radical (unpaired) electrons. The fourth-order valence-electron chi connectivity index (χ4n) is 2.75. The van der Waals surface area contributed by atoms with Crippen molar-refractivity contribution in [2.45, 2.75) is 12.5 Å². The van der Waals surface area contributed by atoms with E-state index in [0.717, 1.165) is 0 Å². The van der Waals surface area contributed by atoms with Gasteiger partial charge in [0.1, 0.15) is 12.4 Å². The molecule has 1 aliphatic heterocycles. The third kappa shape index (κ3) is 4.27. The number of carbonyl (C=O) groups excluding carboxylic acids is 2. The molecule has 7 heteroatoms. The zero-order valence-corrected chi connectivity index (χ0v) is 13.0. The van der Waals surface area contributed by atoms with E-state index in [9.17, 15) is 19.1 Å². The van der Waals surface area contributed by atoms with E-state index in [-0.39, 0.29) is 43.2 Å². The first kappa shape index (κ1) is 17.4. The standard InChI is InChI=1S/C16H21FN2O4/c1-23-10-15(21)18-14-8-19(7-6-11(14)9-20)16(22)12-4-2-3-5-13(12)17/h2-5,11,14,20H,6-10H2,1H3,(H,18,21)/t11-,14-/m1/s1. The molecule has 0 aromatic heterocycles. The van der Waals surface area contributed by atoms with Gasteiger partial charge in [-0.2, -0.15) is 0 Å². The number of benzene rings is 1. The second-order valence-electron chi connectivity index (χ2n) is 5.57. The van der Waals surface area contributed by atoms with Crippen molar-refractivity contribution in [2.75, 3.05) is 33.4 Å². The second kappa shape index (κ2) is 8.03. The van der Waals surface area contributed by atoms with Gasteiger partial charge in [0.2, 0.25) is 5.91 Å². The first-order valence-electron chi connectivity index (χ1n) is 7.49. The van der Waals surface area contributed by atoms with Crippen molar-refractivity contribution >= 4 is 11.8 Å². The van der Waals surface area contributed by atoms with E-state index in [4.69, 9.17) is 4.74 Å². The maximum absolute atomic E-state index is 13.8. The molecule has 0 bridgehead atoms. The van der Waals surface area contributed by atoms with Gasteiger partial charge in [-0.1, -0.05) is 12.1 Å². The highest BCUT2D eigenvalue weighted by molar-refractivity contribution is 5.94. The number of halogens is 1. The van der Waals surface area contributed by atoms with Gasteiger partial charge in [-0.05, 0) is 18.6 Å². The molecule has 2 N–H and O–H groups in total. The van der Waals surface area contributed by atoms with Crippen molar-refractivity contribution in [2.24, 2.45) is 5.92 Å². The van der Waals surface area contributed by atoms with Crippen molar-refractivity contribution in [3.05, 3.63) is 35.6 Å². The zero-order valence-electron chi connectivity index (χ0n) is 13.0. The summed E-state index contributed by atoms with van der Waals surface area (Å²) in [5, 5.41) is 12.2. The van der Waals surface area contributed by atoms with E-state index in [1.807, 2.05) is 0 Å². The third-order valence-electron chi connectivity index (χ3n) is 4.00. The lowest BCUT2D eigenvalue weighted by molar-refractivity contribution is -0.126. The van der Waals surface area contributed by atoms with Gasteiger partial charge in [0.15, 0.2) is 0 Å². The van der Waals surface area contributed by atoms with Crippen LogP contribution in [-0.2, 0) is 9.53 Å². The Balaban J connectivity index is 2.08. The minimum atomic E-state index is -0.568. The molecule has 23 heavy (non-hydrogen) atoms. The van der Waals surface area contributed by atoms with E-state index in [1.165, 1.54) is 30.2 Å². The summed E-state index contributed by atoms with van der Waals surface area (Å²) in [4.78, 5) is 25.7. The van der Waals surface area contributed by atoms with Gasteiger partial charge < -0.3 is 20.1 Å². The molecule has 1 fully saturated rings. The normalized spacial score (nSPS) is 21.1. The number of aliphatic hydroxyl groups is 1. The Bertz CT molecular complexity index is 567. The van der Waals surface area contributed by atoms with Gasteiger partial charge in [0.05, 0.1) is 11.6 Å². The summed E-state index contributed by atoms with van der Waals surface area (Å²) in [6, 6.07) is 5.43. The van der Waals surface area contributed by atoms with E-state index < -0.39 is 11.7 Å². The van der Waals surface area contributed by atoms with Crippen molar-refractivity contribution in [3.63, 3.8) is 0 Å². The number of hydrogen-bond donors (Lipinski definition) is 2. The van der Waals surface area contributed by atoms with Crippen molar-refractivity contribution in [1.82, 2.24) is 10.2 Å². The van der Waals surface area contributed by atoms with Crippen LogP contribution in [-0.4, -0.2) is 61.3 Å². The molecular formula is C16H21FN2O4. The van der Waals surface area contributed by atoms with Gasteiger partial charge in [-0.15, -0.1) is 0 Å². The number of likely N-dealkylation sites (tertiary alicyclic amines) is 1. The maximum Gasteiger partial charge on any atom is 0.256 e. The van der Waals surface area contributed by atoms with Crippen LogP contribution < -0.4 is 5.32 Å². The van der Waals surface area contributed by atoms with Crippen molar-refractivity contribution in [3.8, 4) is 0 Å². The molecule has 2 atom stereocenters. The predicted octanol–water partition coefficient (Wildman–Crippen LogP) is 0.411. The Morgan fingerprint density at radius 3 is 2.83 bits per heavy atom. The molecule has 1 heterocycles. The number of methoxy groups -OCH3 is 1. The van der Waals surface area contributed by atoms with E-state index in [2.05, 4.69) is 5.32 Å². The van der Waals surface area contributed by atoms with Gasteiger partial charge in [-0.3, -0.25) is 9.59 Å². The zero-order chi connectivity index (χ0) is 16.8. The van der Waals surface area contributed by atoms with E-state index >= 15 is 0 Å². The highest BCUT2D eigenvalue weighted by atomic mass is 19.1. The number of hydrogen-bond acceptors (Lipinski definition) is 4. The summed E-state index contributed by atoms with van der Waals surface area (Å²) in [7, 11) is 1.41. The lowest BCUT2D eigenvalue weighted by Gasteiger charge is -2.38. The molecule has 1 aromatic carbocycles. The number of nitrogens with one attached hydrogen (secondary N) is 1. The molecular weight excluding hydrogens is 303 g/mol. The molecule has 0 unspecified atom stereocenters. The van der Waals surface area contributed by atoms with E-state index in [1.54, 1.807) is 6.07 Å². The third-order valence-corrected chi connectivity index (χ3v) is 4.00. The molecule has 2 amide bonds. The molecule has 0 spiro atoms.